The largest absolute Gasteiger partial charge is 0.480 e. The van der Waals surface area contributed by atoms with Crippen LogP contribution in [0.2, 0.25) is 0 Å². The summed E-state index contributed by atoms with van der Waals surface area (Å²) in [6.45, 7) is 7.90. The number of amides is 1. The lowest BCUT2D eigenvalue weighted by atomic mass is 10.1. The molecule has 5 nitrogen and oxygen atoms in total. The van der Waals surface area contributed by atoms with Crippen LogP contribution in [0.15, 0.2) is 0 Å². The fourth-order valence-corrected chi connectivity index (χ4v) is 1.00. The Morgan fingerprint density at radius 1 is 1.31 bits per heavy atom. The molecule has 0 rings (SSSR count). The molecule has 0 fully saturated rings. The van der Waals surface area contributed by atoms with Crippen LogP contribution in [0.25, 0.3) is 0 Å². The topological polar surface area (TPSA) is 66.8 Å². The lowest BCUT2D eigenvalue weighted by Crippen LogP contribution is -2.50. The van der Waals surface area contributed by atoms with E-state index in [0.29, 0.717) is 0 Å². The molecule has 5 heteroatoms. The number of carboxylic acids is 1. The zero-order valence-corrected chi connectivity index (χ0v) is 10.5. The molecule has 0 radical (unpaired) electrons. The van der Waals surface area contributed by atoms with E-state index in [1.165, 1.54) is 0 Å². The summed E-state index contributed by atoms with van der Waals surface area (Å²) < 4.78 is 12.3. The summed E-state index contributed by atoms with van der Waals surface area (Å²) in [6, 6.07) is 0. The van der Waals surface area contributed by atoms with E-state index < -0.39 is 29.7 Å². The Morgan fingerprint density at radius 3 is 2.12 bits per heavy atom. The number of aliphatic carboxylic acids is 1. The van der Waals surface area contributed by atoms with Crippen LogP contribution < -0.4 is 0 Å². The van der Waals surface area contributed by atoms with E-state index in [4.69, 9.17) is 11.2 Å². The van der Waals surface area contributed by atoms with Crippen molar-refractivity contribution in [1.29, 1.82) is 0 Å². The van der Waals surface area contributed by atoms with Gasteiger partial charge >= 0.3 is 12.1 Å². The highest BCUT2D eigenvalue weighted by Gasteiger charge is 2.31. The Morgan fingerprint density at radius 2 is 1.81 bits per heavy atom. The summed E-state index contributed by atoms with van der Waals surface area (Å²) in [7, 11) is 0. The maximum absolute atomic E-state index is 11.9. The highest BCUT2D eigenvalue weighted by Crippen LogP contribution is 2.17. The average Bonchev–Trinajstić information content (AvgIpc) is 2.11. The van der Waals surface area contributed by atoms with Crippen molar-refractivity contribution >= 4 is 12.1 Å². The van der Waals surface area contributed by atoms with Gasteiger partial charge in [-0.25, -0.2) is 4.79 Å². The summed E-state index contributed by atoms with van der Waals surface area (Å²) >= 11 is 0. The fraction of sp³-hybridized carbons (Fsp3) is 0.818. The molecule has 0 aromatic rings. The number of carbonyl (C=O) groups excluding carboxylic acids is 1. The molecule has 0 aliphatic rings. The average molecular weight is 232 g/mol. The van der Waals surface area contributed by atoms with Crippen molar-refractivity contribution in [2.75, 3.05) is 6.54 Å². The first kappa shape index (κ1) is 12.8. The third kappa shape index (κ3) is 5.58. The van der Waals surface area contributed by atoms with Gasteiger partial charge in [0, 0.05) is 6.91 Å². The summed E-state index contributed by atoms with van der Waals surface area (Å²) in [5.74, 6) is -1.10. The second-order valence-corrected chi connectivity index (χ2v) is 5.28. The minimum Gasteiger partial charge on any atom is -0.480 e. The van der Waals surface area contributed by atoms with Crippen LogP contribution in [0, 0.1) is 0 Å². The Hall–Kier alpha value is -1.26. The molecule has 0 aromatic carbocycles. The van der Waals surface area contributed by atoms with Gasteiger partial charge in [-0.15, -0.1) is 0 Å². The van der Waals surface area contributed by atoms with Gasteiger partial charge in [-0.2, -0.15) is 0 Å². The lowest BCUT2D eigenvalue weighted by Gasteiger charge is -2.35. The van der Waals surface area contributed by atoms with Crippen molar-refractivity contribution in [3.8, 4) is 0 Å². The van der Waals surface area contributed by atoms with Crippen molar-refractivity contribution < 1.29 is 20.8 Å². The predicted octanol–water partition coefficient (Wildman–Crippen LogP) is 2.11. The van der Waals surface area contributed by atoms with E-state index in [2.05, 4.69) is 0 Å². The van der Waals surface area contributed by atoms with Crippen LogP contribution >= 0.6 is 0 Å². The summed E-state index contributed by atoms with van der Waals surface area (Å²) in [6.07, 6.45) is -0.711. The van der Waals surface area contributed by atoms with Gasteiger partial charge < -0.3 is 9.84 Å². The lowest BCUT2D eigenvalue weighted by molar-refractivity contribution is -0.139. The Balaban J connectivity index is 4.83. The zero-order valence-electron chi connectivity index (χ0n) is 11.5. The van der Waals surface area contributed by atoms with Crippen LogP contribution in [-0.4, -0.2) is 39.8 Å². The maximum Gasteiger partial charge on any atom is 0.411 e. The molecule has 0 aliphatic carbocycles. The summed E-state index contributed by atoms with van der Waals surface area (Å²) in [5, 5.41) is 8.77. The van der Waals surface area contributed by atoms with Gasteiger partial charge in [0.05, 0.1) is 0 Å². The van der Waals surface area contributed by atoms with Crippen molar-refractivity contribution in [3.63, 3.8) is 0 Å². The molecule has 0 bridgehead atoms. The van der Waals surface area contributed by atoms with Crippen LogP contribution in [0.5, 0.6) is 0 Å². The fourth-order valence-electron chi connectivity index (χ4n) is 1.00. The number of rotatable bonds is 2. The SMILES string of the molecule is [2H]CC(C)(C)OC(=O)N(CC(=O)O)C(C)(C)C. The van der Waals surface area contributed by atoms with Crippen LogP contribution in [0.3, 0.4) is 0 Å². The zero-order chi connectivity index (χ0) is 13.9. The molecule has 0 unspecified atom stereocenters. The molecular formula is C11H21NO4. The molecule has 94 valence electrons. The molecule has 16 heavy (non-hydrogen) atoms. The minimum absolute atomic E-state index is 0.0796. The van der Waals surface area contributed by atoms with Crippen molar-refractivity contribution in [3.05, 3.63) is 0 Å². The molecule has 0 heterocycles. The molecule has 0 saturated carbocycles. The van der Waals surface area contributed by atoms with Gasteiger partial charge in [0.1, 0.15) is 12.1 Å². The molecule has 0 atom stereocenters. The number of hydrogen-bond acceptors (Lipinski definition) is 3. The predicted molar refractivity (Wildman–Crippen MR) is 60.3 cm³/mol. The van der Waals surface area contributed by atoms with Gasteiger partial charge in [-0.1, -0.05) is 0 Å². The molecule has 1 N–H and O–H groups in total. The van der Waals surface area contributed by atoms with Gasteiger partial charge in [0.25, 0.3) is 0 Å². The van der Waals surface area contributed by atoms with E-state index >= 15 is 0 Å². The number of carbonyl (C=O) groups is 2. The van der Waals surface area contributed by atoms with E-state index in [-0.39, 0.29) is 6.90 Å². The molecule has 0 aliphatic heterocycles. The van der Waals surface area contributed by atoms with Crippen LogP contribution in [0.1, 0.15) is 42.9 Å². The monoisotopic (exact) mass is 232 g/mol. The first-order valence-corrected chi connectivity index (χ1v) is 5.01. The number of nitrogens with zero attached hydrogens (tertiary/aromatic N) is 1. The van der Waals surface area contributed by atoms with Crippen LogP contribution in [-0.2, 0) is 9.53 Å². The summed E-state index contributed by atoms with van der Waals surface area (Å²) in [5.41, 5.74) is -1.56. The molecule has 0 spiro atoms. The smallest absolute Gasteiger partial charge is 0.411 e. The van der Waals surface area contributed by atoms with E-state index in [1.54, 1.807) is 34.6 Å². The van der Waals surface area contributed by atoms with Crippen molar-refractivity contribution in [2.45, 2.75) is 52.7 Å². The molecule has 0 aromatic heterocycles. The number of ether oxygens (including phenoxy) is 1. The number of carboxylic acid groups (broad SMARTS) is 1. The second-order valence-electron chi connectivity index (χ2n) is 5.28. The highest BCUT2D eigenvalue weighted by atomic mass is 16.6. The molecule has 1 amide bonds. The van der Waals surface area contributed by atoms with Crippen molar-refractivity contribution in [2.24, 2.45) is 0 Å². The van der Waals surface area contributed by atoms with E-state index in [0.717, 1.165) is 4.90 Å². The normalized spacial score (nSPS) is 12.9. The van der Waals surface area contributed by atoms with E-state index in [1.807, 2.05) is 0 Å². The third-order valence-corrected chi connectivity index (χ3v) is 1.69. The Kier molecular flexibility index (Phi) is 3.78. The molecule has 0 saturated heterocycles. The third-order valence-electron chi connectivity index (χ3n) is 1.69. The molecular weight excluding hydrogens is 210 g/mol. The standard InChI is InChI=1S/C11H21NO4/c1-10(2,3)12(7-8(13)14)9(15)16-11(4,5)6/h7H2,1-6H3,(H,13,14)/i4D. The van der Waals surface area contributed by atoms with Crippen molar-refractivity contribution in [1.82, 2.24) is 4.90 Å². The minimum atomic E-state index is -1.10. The van der Waals surface area contributed by atoms with Gasteiger partial charge in [0.15, 0.2) is 0 Å². The Bertz CT molecular complexity index is 296. The maximum atomic E-state index is 11.9. The second kappa shape index (κ2) is 4.72. The van der Waals surface area contributed by atoms with Gasteiger partial charge in [-0.05, 0) is 41.5 Å². The summed E-state index contributed by atoms with van der Waals surface area (Å²) in [4.78, 5) is 23.7. The highest BCUT2D eigenvalue weighted by molar-refractivity contribution is 5.77. The Labute approximate surface area is 97.8 Å². The van der Waals surface area contributed by atoms with Gasteiger partial charge in [0.2, 0.25) is 0 Å². The van der Waals surface area contributed by atoms with Gasteiger partial charge in [-0.3, -0.25) is 9.69 Å². The van der Waals surface area contributed by atoms with E-state index in [9.17, 15) is 9.59 Å². The van der Waals surface area contributed by atoms with Crippen LogP contribution in [0.4, 0.5) is 4.79 Å². The first-order valence-electron chi connectivity index (χ1n) is 5.72. The quantitative estimate of drug-likeness (QED) is 0.791. The first-order chi connectivity index (χ1) is 7.49. The number of hydrogen-bond donors (Lipinski definition) is 1.